The van der Waals surface area contributed by atoms with E-state index in [0.717, 1.165) is 33.4 Å². The van der Waals surface area contributed by atoms with Crippen molar-refractivity contribution in [2.45, 2.75) is 0 Å². The first kappa shape index (κ1) is 70.9. The largest absolute Gasteiger partial charge is 0.374 e. The molecule has 0 unspecified atom stereocenters. The van der Waals surface area contributed by atoms with Crippen LogP contribution in [-0.2, 0) is 0 Å². The average Bonchev–Trinajstić information content (AvgIpc) is 1.48. The van der Waals surface area contributed by atoms with E-state index in [1.165, 1.54) is 232 Å². The lowest BCUT2D eigenvalue weighted by molar-refractivity contribution is 1.18. The number of rotatable bonds is 12. The van der Waals surface area contributed by atoms with Crippen LogP contribution in [0.4, 0.5) is 0 Å². The molecule has 28 rings (SSSR count). The molecule has 20 aromatic carbocycles. The maximum absolute atomic E-state index is 2.83. The highest BCUT2D eigenvalue weighted by Crippen LogP contribution is 2.54. The van der Waals surface area contributed by atoms with E-state index >= 15 is 0 Å². The number of aromatic nitrogens is 4. The van der Waals surface area contributed by atoms with Gasteiger partial charge in [-0.3, -0.25) is 0 Å². The van der Waals surface area contributed by atoms with E-state index < -0.39 is 0 Å². The van der Waals surface area contributed by atoms with Gasteiger partial charge in [-0.1, -0.05) is 340 Å². The van der Waals surface area contributed by atoms with E-state index in [9.17, 15) is 0 Å². The molecule has 0 bridgehead atoms. The zero-order valence-corrected chi connectivity index (χ0v) is 69.7. The Morgan fingerprint density at radius 1 is 0.148 bits per heavy atom. The van der Waals surface area contributed by atoms with Gasteiger partial charge in [-0.05, 0) is 276 Å². The van der Waals surface area contributed by atoms with Gasteiger partial charge in [0.2, 0.25) is 0 Å². The van der Waals surface area contributed by atoms with E-state index in [0.29, 0.717) is 0 Å². The van der Waals surface area contributed by atoms with E-state index in [1.54, 1.807) is 0 Å². The third kappa shape index (κ3) is 10.4. The molecule has 0 radical (unpaired) electrons. The third-order valence-corrected chi connectivity index (χ3v) is 28.4. The third-order valence-electron chi connectivity index (χ3n) is 28.4. The van der Waals surface area contributed by atoms with Crippen molar-refractivity contribution in [1.29, 1.82) is 0 Å². The summed E-state index contributed by atoms with van der Waals surface area (Å²) in [5.74, 6) is 0. The van der Waals surface area contributed by atoms with E-state index in [2.05, 4.69) is 467 Å². The minimum absolute atomic E-state index is 0.215. The summed E-state index contributed by atoms with van der Waals surface area (Å²) >= 11 is 0. The maximum atomic E-state index is 2.83. The molecule has 8 heterocycles. The number of hydrogen-bond donors (Lipinski definition) is 0. The Bertz CT molecular complexity index is 8090. The lowest BCUT2D eigenvalue weighted by Gasteiger charge is -2.34. The summed E-state index contributed by atoms with van der Waals surface area (Å²) in [5.41, 5.74) is 50.6. The van der Waals surface area contributed by atoms with E-state index in [4.69, 9.17) is 0 Å². The van der Waals surface area contributed by atoms with Crippen LogP contribution in [0.3, 0.4) is 0 Å². The van der Waals surface area contributed by atoms with E-state index in [1.807, 2.05) is 0 Å². The smallest absolute Gasteiger partial charge is 0.333 e. The molecular weight excluding hydrogens is 1540 g/mol. The summed E-state index contributed by atoms with van der Waals surface area (Å²) < 4.78 is 11.0. The molecule has 0 fully saturated rings. The lowest BCUT2D eigenvalue weighted by atomic mass is 9.45. The summed E-state index contributed by atoms with van der Waals surface area (Å²) in [6.07, 6.45) is 0. The molecule has 588 valence electrons. The van der Waals surface area contributed by atoms with Crippen molar-refractivity contribution in [1.82, 2.24) is 18.1 Å². The van der Waals surface area contributed by atoms with Gasteiger partial charge in [0, 0.05) is 65.9 Å². The molecule has 128 heavy (non-hydrogen) atoms. The fraction of sp³-hybridized carbons (Fsp3) is 0. The van der Waals surface area contributed by atoms with Crippen LogP contribution in [0, 0.1) is 0 Å². The van der Waals surface area contributed by atoms with Crippen LogP contribution in [0.25, 0.3) is 244 Å². The first-order chi connectivity index (χ1) is 63.5. The summed E-state index contributed by atoms with van der Waals surface area (Å²) in [4.78, 5) is 0. The van der Waals surface area contributed by atoms with Gasteiger partial charge in [0.1, 0.15) is 0 Å². The monoisotopic (exact) mass is 1620 g/mol. The lowest BCUT2D eigenvalue weighted by Crippen LogP contribution is -2.55. The molecule has 0 aliphatic carbocycles. The van der Waals surface area contributed by atoms with Gasteiger partial charge >= 0.3 is 13.7 Å². The molecule has 24 aromatic rings. The second-order valence-corrected chi connectivity index (χ2v) is 35.2. The van der Waals surface area contributed by atoms with Crippen molar-refractivity contribution in [3.05, 3.63) is 449 Å². The Morgan fingerprint density at radius 2 is 0.398 bits per heavy atom. The Balaban J connectivity index is 0.706. The predicted octanol–water partition coefficient (Wildman–Crippen LogP) is 28.8. The first-order valence-electron chi connectivity index (χ1n) is 44.6. The van der Waals surface area contributed by atoms with Crippen molar-refractivity contribution in [3.8, 4) is 167 Å². The number of fused-ring (bicyclic) bond motifs is 21. The molecular formula is C122H74B2N4. The molecule has 0 spiro atoms. The van der Waals surface area contributed by atoms with Gasteiger partial charge in [-0.25, -0.2) is 0 Å². The zero-order valence-electron chi connectivity index (χ0n) is 69.7. The van der Waals surface area contributed by atoms with Crippen molar-refractivity contribution < 1.29 is 0 Å². The molecule has 0 amide bonds. The van der Waals surface area contributed by atoms with Gasteiger partial charge < -0.3 is 18.1 Å². The van der Waals surface area contributed by atoms with Crippen molar-refractivity contribution >= 4 is 112 Å². The summed E-state index contributed by atoms with van der Waals surface area (Å²) in [5, 5.41) is 7.45. The second-order valence-electron chi connectivity index (χ2n) is 35.2. The van der Waals surface area contributed by atoms with Crippen LogP contribution in [0.2, 0.25) is 0 Å². The van der Waals surface area contributed by atoms with Gasteiger partial charge in [0.25, 0.3) is 0 Å². The van der Waals surface area contributed by atoms with Crippen molar-refractivity contribution in [2.75, 3.05) is 0 Å². The summed E-state index contributed by atoms with van der Waals surface area (Å²) in [7, 11) is 0. The summed E-state index contributed by atoms with van der Waals surface area (Å²) in [6, 6.07) is 170. The van der Waals surface area contributed by atoms with Crippen molar-refractivity contribution in [3.63, 3.8) is 0 Å². The van der Waals surface area contributed by atoms with Gasteiger partial charge in [-0.2, -0.15) is 0 Å². The molecule has 0 saturated heterocycles. The standard InChI is InChI=1S/C122H74B2N4/c1-9-31-75(32-10-1)83-59-84(76-33-11-2-12-34-76)64-91(63-83)93-71-105(95-67-87(79-39-17-5-18-40-79)61-88(68-95)80-41-19-6-20-42-80)113-101-57-55-97-99-47-29-49-103-117(99)127(123-107-51-25-27-53-109(107)125(111(113)73-93)119(101)115(97)123)121-104-50-30-48-100-98-56-58-102-114-106(96-69-89(81-43-21-7-22-44-81)62-90(70-96)82-45-23-8-24-46-82)72-94(92-65-85(77-35-13-3-14-36-77)60-86(66-92)78-37-15-4-16-38-78)74-112(114)126-110-54-28-26-52-108(110)124(116(98)120(102)126)128(118(100)104)122(103)121/h1-74H. The quantitative estimate of drug-likeness (QED) is 0.109. The highest BCUT2D eigenvalue weighted by Gasteiger charge is 2.47. The topological polar surface area (TPSA) is 19.7 Å². The van der Waals surface area contributed by atoms with Crippen LogP contribution < -0.4 is 21.9 Å². The first-order valence-corrected chi connectivity index (χ1v) is 44.6. The van der Waals surface area contributed by atoms with Gasteiger partial charge in [-0.15, -0.1) is 0 Å². The zero-order chi connectivity index (χ0) is 83.5. The predicted molar refractivity (Wildman–Crippen MR) is 541 cm³/mol. The highest BCUT2D eigenvalue weighted by molar-refractivity contribution is 6.92. The molecule has 4 aliphatic rings. The van der Waals surface area contributed by atoms with Crippen LogP contribution in [-0.4, -0.2) is 31.8 Å². The van der Waals surface area contributed by atoms with Gasteiger partial charge in [0.15, 0.2) is 0 Å². The minimum Gasteiger partial charge on any atom is -0.374 e. The number of nitrogens with zero attached hydrogens (tertiary/aromatic N) is 4. The van der Waals surface area contributed by atoms with Crippen LogP contribution in [0.5, 0.6) is 0 Å². The Morgan fingerprint density at radius 3 is 0.688 bits per heavy atom. The van der Waals surface area contributed by atoms with E-state index in [-0.39, 0.29) is 13.7 Å². The fourth-order valence-electron chi connectivity index (χ4n) is 23.0. The second kappa shape index (κ2) is 27.5. The number of hydrogen-bond acceptors (Lipinski definition) is 0. The Kier molecular flexibility index (Phi) is 15.2. The molecule has 4 nitrogen and oxygen atoms in total. The maximum Gasteiger partial charge on any atom is 0.333 e. The molecule has 4 aliphatic heterocycles. The minimum atomic E-state index is -0.215. The highest BCUT2D eigenvalue weighted by atomic mass is 15.1. The molecule has 0 N–H and O–H groups in total. The SMILES string of the molecule is c1ccc(-c2cc(-c3ccccc3)cc(-c3cc(-c4cc(-c5ccccc5)cc(-c5ccccc5)c4)c4c5ccc6c7c5n(c4c3)-c3ccccc3B7n3c4c-6cccc4c4c3c3cccc5c3n4B3c4ccccc4-n4c6cc(-c7cc(-c8ccccc8)cc(-c8ccccc8)c7)cc(-c7cc(-c8ccccc8)cc(-c8ccccc8)c7)c6c6ccc-5c3c64)c2)cc1. The molecule has 4 aromatic heterocycles. The van der Waals surface area contributed by atoms with Crippen LogP contribution in [0.1, 0.15) is 0 Å². The number of para-hydroxylation sites is 4. The Hall–Kier alpha value is -16.5. The van der Waals surface area contributed by atoms with Crippen LogP contribution in [0.15, 0.2) is 449 Å². The van der Waals surface area contributed by atoms with Crippen molar-refractivity contribution in [2.24, 2.45) is 0 Å². The molecule has 0 saturated carbocycles. The molecule has 6 heteroatoms. The normalized spacial score (nSPS) is 12.5. The average molecular weight is 1620 g/mol. The van der Waals surface area contributed by atoms with Gasteiger partial charge in [0.05, 0.1) is 33.1 Å². The summed E-state index contributed by atoms with van der Waals surface area (Å²) in [6.45, 7) is -0.430. The number of benzene rings is 20. The Labute approximate surface area is 740 Å². The van der Waals surface area contributed by atoms with Crippen LogP contribution >= 0.6 is 0 Å². The fourth-order valence-corrected chi connectivity index (χ4v) is 23.0. The molecule has 0 atom stereocenters.